The van der Waals surface area contributed by atoms with E-state index in [0.29, 0.717) is 6.54 Å². The van der Waals surface area contributed by atoms with Crippen LogP contribution in [0.4, 0.5) is 4.79 Å². The molecule has 1 saturated heterocycles. The van der Waals surface area contributed by atoms with Crippen LogP contribution in [0.3, 0.4) is 0 Å². The van der Waals surface area contributed by atoms with E-state index >= 15 is 0 Å². The van der Waals surface area contributed by atoms with Gasteiger partial charge in [0.05, 0.1) is 6.54 Å². The van der Waals surface area contributed by atoms with Crippen molar-refractivity contribution in [2.24, 2.45) is 0 Å². The standard InChI is InChI=1S/C15H21NO2/c1-2-3-4-8-11-16-12-14(18-15(16)17)13-9-6-5-7-10-13/h5-7,9-10,14H,2-4,8,11-12H2,1H3. The van der Waals surface area contributed by atoms with Gasteiger partial charge < -0.3 is 9.64 Å². The summed E-state index contributed by atoms with van der Waals surface area (Å²) in [4.78, 5) is 13.6. The average molecular weight is 247 g/mol. The molecule has 0 bridgehead atoms. The summed E-state index contributed by atoms with van der Waals surface area (Å²) < 4.78 is 5.40. The predicted molar refractivity (Wildman–Crippen MR) is 71.4 cm³/mol. The van der Waals surface area contributed by atoms with Crippen molar-refractivity contribution < 1.29 is 9.53 Å². The number of cyclic esters (lactones) is 1. The molecule has 0 aliphatic carbocycles. The highest BCUT2D eigenvalue weighted by Crippen LogP contribution is 2.25. The first-order chi connectivity index (χ1) is 8.81. The van der Waals surface area contributed by atoms with Gasteiger partial charge in [-0.05, 0) is 12.0 Å². The highest BCUT2D eigenvalue weighted by atomic mass is 16.6. The summed E-state index contributed by atoms with van der Waals surface area (Å²) in [5.74, 6) is 0. The first-order valence-corrected chi connectivity index (χ1v) is 6.81. The summed E-state index contributed by atoms with van der Waals surface area (Å²) in [7, 11) is 0. The van der Waals surface area contributed by atoms with Gasteiger partial charge in [-0.3, -0.25) is 0 Å². The molecular weight excluding hydrogens is 226 g/mol. The molecule has 0 N–H and O–H groups in total. The SMILES string of the molecule is CCCCCCN1CC(c2ccccc2)OC1=O. The fourth-order valence-electron chi connectivity index (χ4n) is 2.26. The molecule has 0 saturated carbocycles. The minimum atomic E-state index is -0.166. The average Bonchev–Trinajstić information content (AvgIpc) is 2.77. The number of benzene rings is 1. The minimum Gasteiger partial charge on any atom is -0.439 e. The molecule has 0 radical (unpaired) electrons. The third-order valence-corrected chi connectivity index (χ3v) is 3.34. The molecule has 1 fully saturated rings. The van der Waals surface area contributed by atoms with Crippen LogP contribution in [0, 0.1) is 0 Å². The minimum absolute atomic E-state index is 0.0927. The van der Waals surface area contributed by atoms with Crippen LogP contribution in [0.15, 0.2) is 30.3 Å². The summed E-state index contributed by atoms with van der Waals surface area (Å²) >= 11 is 0. The van der Waals surface area contributed by atoms with Gasteiger partial charge in [0.15, 0.2) is 0 Å². The van der Waals surface area contributed by atoms with Crippen molar-refractivity contribution >= 4 is 6.09 Å². The van der Waals surface area contributed by atoms with Crippen LogP contribution < -0.4 is 0 Å². The summed E-state index contributed by atoms with van der Waals surface area (Å²) in [6, 6.07) is 9.96. The van der Waals surface area contributed by atoms with E-state index in [1.54, 1.807) is 0 Å². The van der Waals surface area contributed by atoms with Crippen molar-refractivity contribution in [3.8, 4) is 0 Å². The maximum absolute atomic E-state index is 11.7. The second-order valence-corrected chi connectivity index (χ2v) is 4.79. The second-order valence-electron chi connectivity index (χ2n) is 4.79. The van der Waals surface area contributed by atoms with Crippen LogP contribution in [0.25, 0.3) is 0 Å². The molecule has 18 heavy (non-hydrogen) atoms. The predicted octanol–water partition coefficient (Wildman–Crippen LogP) is 3.76. The van der Waals surface area contributed by atoms with Crippen molar-refractivity contribution in [1.29, 1.82) is 0 Å². The smallest absolute Gasteiger partial charge is 0.410 e. The van der Waals surface area contributed by atoms with Crippen LogP contribution >= 0.6 is 0 Å². The molecular formula is C15H21NO2. The zero-order valence-corrected chi connectivity index (χ0v) is 11.0. The fourth-order valence-corrected chi connectivity index (χ4v) is 2.26. The molecule has 1 aromatic carbocycles. The number of hydrogen-bond donors (Lipinski definition) is 0. The lowest BCUT2D eigenvalue weighted by atomic mass is 10.1. The molecule has 1 unspecified atom stereocenters. The Labute approximate surface area is 109 Å². The first-order valence-electron chi connectivity index (χ1n) is 6.81. The number of rotatable bonds is 6. The van der Waals surface area contributed by atoms with Crippen LogP contribution in [0.1, 0.15) is 44.3 Å². The normalized spacial score (nSPS) is 19.1. The van der Waals surface area contributed by atoms with Crippen LogP contribution in [0.2, 0.25) is 0 Å². The first kappa shape index (κ1) is 12.9. The topological polar surface area (TPSA) is 29.5 Å². The molecule has 1 atom stereocenters. The van der Waals surface area contributed by atoms with Gasteiger partial charge in [-0.1, -0.05) is 56.5 Å². The van der Waals surface area contributed by atoms with Gasteiger partial charge in [-0.15, -0.1) is 0 Å². The molecule has 0 spiro atoms. The Morgan fingerprint density at radius 2 is 2.00 bits per heavy atom. The molecule has 1 heterocycles. The van der Waals surface area contributed by atoms with Gasteiger partial charge in [0.2, 0.25) is 0 Å². The van der Waals surface area contributed by atoms with Crippen LogP contribution in [0.5, 0.6) is 0 Å². The Morgan fingerprint density at radius 1 is 1.22 bits per heavy atom. The van der Waals surface area contributed by atoms with E-state index in [1.165, 1.54) is 19.3 Å². The summed E-state index contributed by atoms with van der Waals surface area (Å²) in [6.45, 7) is 3.70. The molecule has 1 aromatic rings. The summed E-state index contributed by atoms with van der Waals surface area (Å²) in [6.07, 6.45) is 4.47. The highest BCUT2D eigenvalue weighted by molar-refractivity contribution is 5.70. The van der Waals surface area contributed by atoms with E-state index in [4.69, 9.17) is 4.74 Å². The number of carbonyl (C=O) groups excluding carboxylic acids is 1. The van der Waals surface area contributed by atoms with Gasteiger partial charge in [0, 0.05) is 6.54 Å². The quantitative estimate of drug-likeness (QED) is 0.716. The summed E-state index contributed by atoms with van der Waals surface area (Å²) in [5, 5.41) is 0. The lowest BCUT2D eigenvalue weighted by molar-refractivity contribution is 0.132. The maximum Gasteiger partial charge on any atom is 0.410 e. The summed E-state index contributed by atoms with van der Waals surface area (Å²) in [5.41, 5.74) is 1.09. The van der Waals surface area contributed by atoms with Crippen molar-refractivity contribution in [1.82, 2.24) is 4.90 Å². The molecule has 1 amide bonds. The van der Waals surface area contributed by atoms with Gasteiger partial charge in [0.25, 0.3) is 0 Å². The number of amides is 1. The van der Waals surface area contributed by atoms with Crippen LogP contribution in [-0.4, -0.2) is 24.1 Å². The van der Waals surface area contributed by atoms with Gasteiger partial charge in [-0.2, -0.15) is 0 Å². The molecule has 0 aromatic heterocycles. The lowest BCUT2D eigenvalue weighted by Gasteiger charge is -2.12. The van der Waals surface area contributed by atoms with E-state index in [2.05, 4.69) is 6.92 Å². The molecule has 98 valence electrons. The van der Waals surface area contributed by atoms with Crippen LogP contribution in [-0.2, 0) is 4.74 Å². The van der Waals surface area contributed by atoms with Crippen molar-refractivity contribution in [2.75, 3.05) is 13.1 Å². The number of unbranched alkanes of at least 4 members (excludes halogenated alkanes) is 3. The maximum atomic E-state index is 11.7. The van der Waals surface area contributed by atoms with E-state index in [1.807, 2.05) is 35.2 Å². The van der Waals surface area contributed by atoms with E-state index in [9.17, 15) is 4.79 Å². The van der Waals surface area contributed by atoms with Gasteiger partial charge in [-0.25, -0.2) is 4.79 Å². The highest BCUT2D eigenvalue weighted by Gasteiger charge is 2.31. The number of hydrogen-bond acceptors (Lipinski definition) is 2. The third-order valence-electron chi connectivity index (χ3n) is 3.34. The zero-order valence-electron chi connectivity index (χ0n) is 11.0. The molecule has 1 aliphatic heterocycles. The Bertz CT molecular complexity index is 377. The Kier molecular flexibility index (Phi) is 4.62. The third kappa shape index (κ3) is 3.25. The second kappa shape index (κ2) is 6.43. The van der Waals surface area contributed by atoms with Crippen molar-refractivity contribution in [3.05, 3.63) is 35.9 Å². The Balaban J connectivity index is 1.83. The van der Waals surface area contributed by atoms with E-state index in [0.717, 1.165) is 18.5 Å². The number of ether oxygens (including phenoxy) is 1. The van der Waals surface area contributed by atoms with E-state index < -0.39 is 0 Å². The zero-order chi connectivity index (χ0) is 12.8. The Hall–Kier alpha value is -1.51. The largest absolute Gasteiger partial charge is 0.439 e. The number of nitrogens with zero attached hydrogens (tertiary/aromatic N) is 1. The monoisotopic (exact) mass is 247 g/mol. The van der Waals surface area contributed by atoms with Gasteiger partial charge >= 0.3 is 6.09 Å². The fraction of sp³-hybridized carbons (Fsp3) is 0.533. The molecule has 1 aliphatic rings. The molecule has 2 rings (SSSR count). The van der Waals surface area contributed by atoms with E-state index in [-0.39, 0.29) is 12.2 Å². The Morgan fingerprint density at radius 3 is 2.72 bits per heavy atom. The lowest BCUT2D eigenvalue weighted by Crippen LogP contribution is -2.25. The van der Waals surface area contributed by atoms with Crippen molar-refractivity contribution in [2.45, 2.75) is 38.7 Å². The van der Waals surface area contributed by atoms with Gasteiger partial charge in [0.1, 0.15) is 6.10 Å². The number of carbonyl (C=O) groups is 1. The van der Waals surface area contributed by atoms with Crippen molar-refractivity contribution in [3.63, 3.8) is 0 Å². The molecule has 3 nitrogen and oxygen atoms in total. The molecule has 3 heteroatoms.